The van der Waals surface area contributed by atoms with Crippen molar-refractivity contribution in [3.05, 3.63) is 59.9 Å². The molecule has 2 aliphatic rings. The number of aliphatic hydroxyl groups excluding tert-OH is 1. The lowest BCUT2D eigenvalue weighted by atomic mass is 9.77. The average molecular weight is 382 g/mol. The third-order valence-electron chi connectivity index (χ3n) is 6.25. The lowest BCUT2D eigenvalue weighted by Crippen LogP contribution is -2.65. The molecule has 4 nitrogen and oxygen atoms in total. The predicted molar refractivity (Wildman–Crippen MR) is 107 cm³/mol. The van der Waals surface area contributed by atoms with Crippen molar-refractivity contribution in [3.8, 4) is 11.1 Å². The quantitative estimate of drug-likeness (QED) is 0.807. The smallest absolute Gasteiger partial charge is 0.225 e. The molecule has 0 spiro atoms. The summed E-state index contributed by atoms with van der Waals surface area (Å²) in [5.41, 5.74) is 2.94. The van der Waals surface area contributed by atoms with Crippen LogP contribution in [-0.4, -0.2) is 48.2 Å². The van der Waals surface area contributed by atoms with Crippen LogP contribution >= 0.6 is 0 Å². The van der Waals surface area contributed by atoms with E-state index < -0.39 is 0 Å². The molecule has 1 aliphatic carbocycles. The third kappa shape index (κ3) is 3.69. The number of carbonyl (C=O) groups excluding carboxylic acids is 1. The molecule has 0 aromatic heterocycles. The average Bonchev–Trinajstić information content (AvgIpc) is 2.63. The summed E-state index contributed by atoms with van der Waals surface area (Å²) >= 11 is 0. The molecule has 1 saturated carbocycles. The zero-order valence-corrected chi connectivity index (χ0v) is 16.1. The maximum Gasteiger partial charge on any atom is 0.225 e. The number of nitrogens with one attached hydrogen (secondary N) is 1. The number of hydrogen-bond acceptors (Lipinski definition) is 3. The van der Waals surface area contributed by atoms with Gasteiger partial charge in [-0.2, -0.15) is 0 Å². The number of rotatable bonds is 6. The zero-order chi connectivity index (χ0) is 19.7. The minimum atomic E-state index is -0.246. The van der Waals surface area contributed by atoms with Gasteiger partial charge in [0.05, 0.1) is 6.61 Å². The molecule has 3 atom stereocenters. The SMILES string of the molecule is CN(C[C@H]1N[C@@H](CO)[C@H]1c1ccc(-c2cccc(F)c2)cc1)C(=O)C1CCC1. The Morgan fingerprint density at radius 3 is 2.50 bits per heavy atom. The van der Waals surface area contributed by atoms with Gasteiger partial charge >= 0.3 is 0 Å². The summed E-state index contributed by atoms with van der Waals surface area (Å²) in [4.78, 5) is 14.3. The Morgan fingerprint density at radius 2 is 1.89 bits per heavy atom. The lowest BCUT2D eigenvalue weighted by Gasteiger charge is -2.47. The van der Waals surface area contributed by atoms with Gasteiger partial charge in [-0.25, -0.2) is 4.39 Å². The first-order valence-electron chi connectivity index (χ1n) is 10.0. The van der Waals surface area contributed by atoms with E-state index in [9.17, 15) is 14.3 Å². The molecule has 0 unspecified atom stereocenters. The molecular weight excluding hydrogens is 355 g/mol. The molecular formula is C23H27FN2O2. The summed E-state index contributed by atoms with van der Waals surface area (Å²) in [6.07, 6.45) is 3.16. The normalized spacial score (nSPS) is 24.3. The highest BCUT2D eigenvalue weighted by atomic mass is 19.1. The number of nitrogens with zero attached hydrogens (tertiary/aromatic N) is 1. The summed E-state index contributed by atoms with van der Waals surface area (Å²) < 4.78 is 13.5. The van der Waals surface area contributed by atoms with Crippen LogP contribution in [0.15, 0.2) is 48.5 Å². The van der Waals surface area contributed by atoms with Crippen molar-refractivity contribution in [2.45, 2.75) is 37.3 Å². The van der Waals surface area contributed by atoms with Crippen LogP contribution in [0.5, 0.6) is 0 Å². The molecule has 2 aromatic rings. The Morgan fingerprint density at radius 1 is 1.14 bits per heavy atom. The molecule has 1 amide bonds. The monoisotopic (exact) mass is 382 g/mol. The molecule has 148 valence electrons. The highest BCUT2D eigenvalue weighted by Gasteiger charge is 2.42. The molecule has 2 N–H and O–H groups in total. The second-order valence-electron chi connectivity index (χ2n) is 8.07. The van der Waals surface area contributed by atoms with Gasteiger partial charge in [-0.3, -0.25) is 4.79 Å². The largest absolute Gasteiger partial charge is 0.395 e. The minimum Gasteiger partial charge on any atom is -0.395 e. The molecule has 0 radical (unpaired) electrons. The van der Waals surface area contributed by atoms with E-state index in [2.05, 4.69) is 17.4 Å². The first kappa shape index (κ1) is 19.1. The van der Waals surface area contributed by atoms with Gasteiger partial charge in [0.25, 0.3) is 0 Å². The maximum atomic E-state index is 13.5. The van der Waals surface area contributed by atoms with Crippen molar-refractivity contribution >= 4 is 5.91 Å². The summed E-state index contributed by atoms with van der Waals surface area (Å²) in [5.74, 6) is 0.343. The van der Waals surface area contributed by atoms with Gasteiger partial charge in [0.15, 0.2) is 0 Å². The Labute approximate surface area is 165 Å². The Bertz CT molecular complexity index is 835. The van der Waals surface area contributed by atoms with E-state index >= 15 is 0 Å². The van der Waals surface area contributed by atoms with Crippen molar-refractivity contribution < 1.29 is 14.3 Å². The van der Waals surface area contributed by atoms with Crippen LogP contribution in [0.2, 0.25) is 0 Å². The summed E-state index contributed by atoms with van der Waals surface area (Å²) in [6.45, 7) is 0.704. The second kappa shape index (κ2) is 8.02. The molecule has 5 heteroatoms. The highest BCUT2D eigenvalue weighted by molar-refractivity contribution is 5.79. The van der Waals surface area contributed by atoms with E-state index in [-0.39, 0.29) is 42.3 Å². The molecule has 2 aromatic carbocycles. The van der Waals surface area contributed by atoms with Gasteiger partial charge in [-0.15, -0.1) is 0 Å². The fraction of sp³-hybridized carbons (Fsp3) is 0.435. The van der Waals surface area contributed by atoms with Gasteiger partial charge in [0, 0.05) is 37.5 Å². The minimum absolute atomic E-state index is 0.00257. The fourth-order valence-corrected chi connectivity index (χ4v) is 4.36. The Kier molecular flexibility index (Phi) is 5.47. The van der Waals surface area contributed by atoms with E-state index in [4.69, 9.17) is 0 Å². The molecule has 1 aliphatic heterocycles. The number of amides is 1. The van der Waals surface area contributed by atoms with Crippen LogP contribution in [-0.2, 0) is 4.79 Å². The molecule has 1 heterocycles. The summed E-state index contributed by atoms with van der Waals surface area (Å²) in [6, 6.07) is 14.8. The number of benzene rings is 2. The summed E-state index contributed by atoms with van der Waals surface area (Å²) in [5, 5.41) is 13.1. The van der Waals surface area contributed by atoms with Crippen LogP contribution in [0.1, 0.15) is 30.7 Å². The number of carbonyl (C=O) groups is 1. The van der Waals surface area contributed by atoms with Crippen molar-refractivity contribution in [2.75, 3.05) is 20.2 Å². The van der Waals surface area contributed by atoms with Crippen LogP contribution < -0.4 is 5.32 Å². The molecule has 28 heavy (non-hydrogen) atoms. The lowest BCUT2D eigenvalue weighted by molar-refractivity contribution is -0.137. The van der Waals surface area contributed by atoms with Crippen LogP contribution in [0.3, 0.4) is 0 Å². The highest BCUT2D eigenvalue weighted by Crippen LogP contribution is 2.35. The molecule has 1 saturated heterocycles. The van der Waals surface area contributed by atoms with Gasteiger partial charge < -0.3 is 15.3 Å². The molecule has 4 rings (SSSR count). The first-order valence-corrected chi connectivity index (χ1v) is 10.0. The Balaban J connectivity index is 1.46. The second-order valence-corrected chi connectivity index (χ2v) is 8.07. The Hall–Kier alpha value is -2.24. The number of aliphatic hydroxyl groups is 1. The maximum absolute atomic E-state index is 13.5. The van der Waals surface area contributed by atoms with Gasteiger partial charge in [-0.05, 0) is 41.7 Å². The number of hydrogen-bond donors (Lipinski definition) is 2. The number of likely N-dealkylation sites (N-methyl/N-ethyl adjacent to an activating group) is 1. The third-order valence-corrected chi connectivity index (χ3v) is 6.25. The van der Waals surface area contributed by atoms with Crippen LogP contribution in [0, 0.1) is 11.7 Å². The first-order chi connectivity index (χ1) is 13.6. The van der Waals surface area contributed by atoms with Gasteiger partial charge in [0.1, 0.15) is 5.82 Å². The fourth-order valence-electron chi connectivity index (χ4n) is 4.36. The topological polar surface area (TPSA) is 52.6 Å². The van der Waals surface area contributed by atoms with Gasteiger partial charge in [-0.1, -0.05) is 42.8 Å². The van der Waals surface area contributed by atoms with Crippen LogP contribution in [0.4, 0.5) is 4.39 Å². The number of halogens is 1. The van der Waals surface area contributed by atoms with Crippen molar-refractivity contribution in [1.82, 2.24) is 10.2 Å². The van der Waals surface area contributed by atoms with E-state index in [0.717, 1.165) is 36.0 Å². The van der Waals surface area contributed by atoms with E-state index in [1.165, 1.54) is 12.1 Å². The van der Waals surface area contributed by atoms with Crippen molar-refractivity contribution in [3.63, 3.8) is 0 Å². The van der Waals surface area contributed by atoms with Gasteiger partial charge in [0.2, 0.25) is 5.91 Å². The molecule has 0 bridgehead atoms. The van der Waals surface area contributed by atoms with E-state index in [0.29, 0.717) is 6.54 Å². The predicted octanol–water partition coefficient (Wildman–Crippen LogP) is 3.17. The van der Waals surface area contributed by atoms with Crippen molar-refractivity contribution in [2.24, 2.45) is 5.92 Å². The van der Waals surface area contributed by atoms with E-state index in [1.807, 2.05) is 30.1 Å². The van der Waals surface area contributed by atoms with Crippen molar-refractivity contribution in [1.29, 1.82) is 0 Å². The van der Waals surface area contributed by atoms with E-state index in [1.54, 1.807) is 6.07 Å². The molecule has 2 fully saturated rings. The standard InChI is InChI=1S/C23H27FN2O2/c1-26(23(28)17-4-2-5-17)13-20-22(21(14-27)25-20)16-10-8-15(9-11-16)18-6-3-7-19(24)12-18/h3,6-12,17,20-22,25,27H,2,4-5,13-14H2,1H3/t20-,21+,22+/m1/s1. The van der Waals surface area contributed by atoms with Crippen LogP contribution in [0.25, 0.3) is 11.1 Å². The summed E-state index contributed by atoms with van der Waals surface area (Å²) in [7, 11) is 1.87. The zero-order valence-electron chi connectivity index (χ0n) is 16.1.